The van der Waals surface area contributed by atoms with Crippen molar-refractivity contribution in [2.45, 2.75) is 19.6 Å². The first-order chi connectivity index (χ1) is 11.0. The fourth-order valence-corrected chi connectivity index (χ4v) is 2.24. The summed E-state index contributed by atoms with van der Waals surface area (Å²) in [6.45, 7) is 1.94. The minimum Gasteiger partial charge on any atom is -0.479 e. The summed E-state index contributed by atoms with van der Waals surface area (Å²) in [7, 11) is 0. The van der Waals surface area contributed by atoms with Crippen molar-refractivity contribution in [1.29, 1.82) is 0 Å². The summed E-state index contributed by atoms with van der Waals surface area (Å²) in [6, 6.07) is 10.7. The fraction of sp³-hybridized carbons (Fsp3) is 0.176. The van der Waals surface area contributed by atoms with Gasteiger partial charge in [0.15, 0.2) is 6.10 Å². The van der Waals surface area contributed by atoms with Crippen molar-refractivity contribution in [1.82, 2.24) is 5.32 Å². The first-order valence-electron chi connectivity index (χ1n) is 7.17. The lowest BCUT2D eigenvalue weighted by molar-refractivity contribution is -0.122. The van der Waals surface area contributed by atoms with Crippen molar-refractivity contribution in [2.75, 3.05) is 5.32 Å². The normalized spacial score (nSPS) is 16.1. The zero-order chi connectivity index (χ0) is 16.4. The van der Waals surface area contributed by atoms with Gasteiger partial charge in [-0.2, -0.15) is 0 Å². The van der Waals surface area contributed by atoms with Crippen LogP contribution in [0.5, 0.6) is 5.75 Å². The molecule has 0 radical (unpaired) electrons. The number of carbonyl (C=O) groups is 2. The van der Waals surface area contributed by atoms with E-state index >= 15 is 0 Å². The zero-order valence-corrected chi connectivity index (χ0v) is 12.4. The molecule has 0 aromatic heterocycles. The van der Waals surface area contributed by atoms with Crippen molar-refractivity contribution >= 4 is 17.5 Å². The minimum absolute atomic E-state index is 0.249. The molecular weight excluding hydrogens is 299 g/mol. The van der Waals surface area contributed by atoms with E-state index in [1.807, 2.05) is 0 Å². The van der Waals surface area contributed by atoms with Gasteiger partial charge in [-0.3, -0.25) is 9.59 Å². The SMILES string of the molecule is CC1Oc2ccc(C(=O)NCc3ccc(F)cc3)cc2NC1=O. The Morgan fingerprint density at radius 3 is 2.74 bits per heavy atom. The molecule has 5 nitrogen and oxygen atoms in total. The smallest absolute Gasteiger partial charge is 0.265 e. The summed E-state index contributed by atoms with van der Waals surface area (Å²) < 4.78 is 18.3. The van der Waals surface area contributed by atoms with Crippen LogP contribution in [0.3, 0.4) is 0 Å². The maximum atomic E-state index is 12.8. The molecule has 23 heavy (non-hydrogen) atoms. The topological polar surface area (TPSA) is 67.4 Å². The number of anilines is 1. The number of amides is 2. The second-order valence-electron chi connectivity index (χ2n) is 5.27. The van der Waals surface area contributed by atoms with E-state index in [0.717, 1.165) is 5.56 Å². The predicted octanol–water partition coefficient (Wildman–Crippen LogP) is 2.48. The molecule has 6 heteroatoms. The Hall–Kier alpha value is -2.89. The Bertz CT molecular complexity index is 759. The highest BCUT2D eigenvalue weighted by Crippen LogP contribution is 2.30. The zero-order valence-electron chi connectivity index (χ0n) is 12.4. The molecule has 0 bridgehead atoms. The van der Waals surface area contributed by atoms with E-state index in [0.29, 0.717) is 17.0 Å². The van der Waals surface area contributed by atoms with Gasteiger partial charge in [-0.25, -0.2) is 4.39 Å². The summed E-state index contributed by atoms with van der Waals surface area (Å²) in [4.78, 5) is 23.8. The van der Waals surface area contributed by atoms with Gasteiger partial charge >= 0.3 is 0 Å². The molecule has 1 atom stereocenters. The molecule has 2 amide bonds. The molecule has 0 fully saturated rings. The molecule has 118 valence electrons. The van der Waals surface area contributed by atoms with Crippen molar-refractivity contribution in [3.63, 3.8) is 0 Å². The largest absolute Gasteiger partial charge is 0.479 e. The lowest BCUT2D eigenvalue weighted by Crippen LogP contribution is -2.34. The minimum atomic E-state index is -0.555. The molecule has 2 N–H and O–H groups in total. The van der Waals surface area contributed by atoms with Crippen LogP contribution in [0.25, 0.3) is 0 Å². The van der Waals surface area contributed by atoms with E-state index in [1.165, 1.54) is 12.1 Å². The number of benzene rings is 2. The van der Waals surface area contributed by atoms with Gasteiger partial charge in [0, 0.05) is 12.1 Å². The average Bonchev–Trinajstić information content (AvgIpc) is 2.54. The summed E-state index contributed by atoms with van der Waals surface area (Å²) in [5.41, 5.74) is 1.68. The molecule has 1 unspecified atom stereocenters. The van der Waals surface area contributed by atoms with Crippen LogP contribution in [0, 0.1) is 5.82 Å². The van der Waals surface area contributed by atoms with Crippen molar-refractivity contribution in [3.05, 3.63) is 59.4 Å². The van der Waals surface area contributed by atoms with Crippen molar-refractivity contribution in [3.8, 4) is 5.75 Å². The summed E-state index contributed by atoms with van der Waals surface area (Å²) >= 11 is 0. The second-order valence-corrected chi connectivity index (χ2v) is 5.27. The number of carbonyl (C=O) groups excluding carboxylic acids is 2. The van der Waals surface area contributed by atoms with Gasteiger partial charge in [0.2, 0.25) is 0 Å². The van der Waals surface area contributed by atoms with E-state index in [2.05, 4.69) is 10.6 Å². The number of ether oxygens (including phenoxy) is 1. The maximum Gasteiger partial charge on any atom is 0.265 e. The molecule has 1 heterocycles. The van der Waals surface area contributed by atoms with E-state index in [-0.39, 0.29) is 24.2 Å². The Kier molecular flexibility index (Phi) is 3.97. The van der Waals surface area contributed by atoms with Gasteiger partial charge in [0.25, 0.3) is 11.8 Å². The molecule has 0 saturated heterocycles. The highest BCUT2D eigenvalue weighted by molar-refractivity contribution is 6.00. The summed E-state index contributed by atoms with van der Waals surface area (Å²) in [5.74, 6) is -0.321. The van der Waals surface area contributed by atoms with Crippen LogP contribution in [0.2, 0.25) is 0 Å². The molecule has 0 saturated carbocycles. The number of fused-ring (bicyclic) bond motifs is 1. The molecule has 2 aromatic carbocycles. The first kappa shape index (κ1) is 15.0. The lowest BCUT2D eigenvalue weighted by atomic mass is 10.1. The van der Waals surface area contributed by atoms with Gasteiger partial charge < -0.3 is 15.4 Å². The second kappa shape index (κ2) is 6.08. The summed E-state index contributed by atoms with van der Waals surface area (Å²) in [6.07, 6.45) is -0.555. The number of halogens is 1. The maximum absolute atomic E-state index is 12.8. The van der Waals surface area contributed by atoms with Gasteiger partial charge in [0.1, 0.15) is 11.6 Å². The van der Waals surface area contributed by atoms with E-state index < -0.39 is 6.10 Å². The summed E-state index contributed by atoms with van der Waals surface area (Å²) in [5, 5.41) is 5.45. The quantitative estimate of drug-likeness (QED) is 0.914. The highest BCUT2D eigenvalue weighted by Gasteiger charge is 2.24. The predicted molar refractivity (Wildman–Crippen MR) is 82.7 cm³/mol. The number of hydrogen-bond donors (Lipinski definition) is 2. The van der Waals surface area contributed by atoms with Crippen LogP contribution in [0.15, 0.2) is 42.5 Å². The highest BCUT2D eigenvalue weighted by atomic mass is 19.1. The molecule has 0 spiro atoms. The third-order valence-electron chi connectivity index (χ3n) is 3.54. The van der Waals surface area contributed by atoms with E-state index in [1.54, 1.807) is 37.3 Å². The molecule has 0 aliphatic carbocycles. The molecular formula is C17H15FN2O3. The third kappa shape index (κ3) is 3.31. The third-order valence-corrected chi connectivity index (χ3v) is 3.54. The Morgan fingerprint density at radius 1 is 1.26 bits per heavy atom. The van der Waals surface area contributed by atoms with Gasteiger partial charge in [-0.15, -0.1) is 0 Å². The number of hydrogen-bond acceptors (Lipinski definition) is 3. The van der Waals surface area contributed by atoms with Crippen LogP contribution in [-0.2, 0) is 11.3 Å². The Labute approximate surface area is 132 Å². The number of rotatable bonds is 3. The van der Waals surface area contributed by atoms with Crippen molar-refractivity contribution < 1.29 is 18.7 Å². The van der Waals surface area contributed by atoms with Crippen LogP contribution >= 0.6 is 0 Å². The Morgan fingerprint density at radius 2 is 2.00 bits per heavy atom. The number of nitrogens with one attached hydrogen (secondary N) is 2. The van der Waals surface area contributed by atoms with Crippen LogP contribution in [-0.4, -0.2) is 17.9 Å². The first-order valence-corrected chi connectivity index (χ1v) is 7.17. The van der Waals surface area contributed by atoms with E-state index in [9.17, 15) is 14.0 Å². The van der Waals surface area contributed by atoms with Gasteiger partial charge in [-0.05, 0) is 42.8 Å². The molecule has 1 aliphatic heterocycles. The van der Waals surface area contributed by atoms with Crippen LogP contribution < -0.4 is 15.4 Å². The van der Waals surface area contributed by atoms with Crippen molar-refractivity contribution in [2.24, 2.45) is 0 Å². The fourth-order valence-electron chi connectivity index (χ4n) is 2.24. The monoisotopic (exact) mass is 314 g/mol. The molecule has 1 aliphatic rings. The van der Waals surface area contributed by atoms with E-state index in [4.69, 9.17) is 4.74 Å². The van der Waals surface area contributed by atoms with Crippen LogP contribution in [0.1, 0.15) is 22.8 Å². The Balaban J connectivity index is 1.69. The average molecular weight is 314 g/mol. The lowest BCUT2D eigenvalue weighted by Gasteiger charge is -2.23. The standard InChI is InChI=1S/C17H15FN2O3/c1-10-16(21)20-14-8-12(4-7-15(14)23-10)17(22)19-9-11-2-5-13(18)6-3-11/h2-8,10H,9H2,1H3,(H,19,22)(H,20,21). The van der Waals surface area contributed by atoms with Gasteiger partial charge in [-0.1, -0.05) is 12.1 Å². The molecule has 3 rings (SSSR count). The molecule has 2 aromatic rings. The van der Waals surface area contributed by atoms with Gasteiger partial charge in [0.05, 0.1) is 5.69 Å². The van der Waals surface area contributed by atoms with Crippen LogP contribution in [0.4, 0.5) is 10.1 Å².